The van der Waals surface area contributed by atoms with Gasteiger partial charge in [-0.15, -0.1) is 12.4 Å². The molecular weight excluding hydrogens is 298 g/mol. The summed E-state index contributed by atoms with van der Waals surface area (Å²) >= 11 is 5.87. The van der Waals surface area contributed by atoms with Crippen molar-refractivity contribution in [1.82, 2.24) is 10.2 Å². The molecule has 1 atom stereocenters. The van der Waals surface area contributed by atoms with Crippen LogP contribution in [-0.2, 0) is 0 Å². The van der Waals surface area contributed by atoms with Gasteiger partial charge in [0, 0.05) is 42.8 Å². The number of nitrogens with one attached hydrogen (secondary N) is 1. The van der Waals surface area contributed by atoms with E-state index in [-0.39, 0.29) is 24.3 Å². The highest BCUT2D eigenvalue weighted by molar-refractivity contribution is 6.30. The van der Waals surface area contributed by atoms with Crippen molar-refractivity contribution in [1.29, 1.82) is 0 Å². The maximum atomic E-state index is 14.2. The van der Waals surface area contributed by atoms with E-state index in [0.717, 1.165) is 31.7 Å². The zero-order valence-corrected chi connectivity index (χ0v) is 13.0. The van der Waals surface area contributed by atoms with Crippen molar-refractivity contribution in [2.75, 3.05) is 26.2 Å². The average Bonchev–Trinajstić information content (AvgIpc) is 2.35. The van der Waals surface area contributed by atoms with E-state index in [1.54, 1.807) is 0 Å². The number of halogens is 3. The zero-order chi connectivity index (χ0) is 13.2. The second-order valence-electron chi connectivity index (χ2n) is 5.59. The van der Waals surface area contributed by atoms with Crippen LogP contribution in [0.4, 0.5) is 4.39 Å². The van der Waals surface area contributed by atoms with Crippen LogP contribution in [0, 0.1) is 11.7 Å². The van der Waals surface area contributed by atoms with E-state index in [9.17, 15) is 4.39 Å². The van der Waals surface area contributed by atoms with Crippen molar-refractivity contribution in [3.63, 3.8) is 0 Å². The monoisotopic (exact) mass is 318 g/mol. The predicted octanol–water partition coefficient (Wildman–Crippen LogP) is 3.65. The summed E-state index contributed by atoms with van der Waals surface area (Å²) in [5, 5.41) is 3.84. The summed E-state index contributed by atoms with van der Waals surface area (Å²) in [5.41, 5.74) is 0.830. The van der Waals surface area contributed by atoms with Gasteiger partial charge in [0.05, 0.1) is 0 Å². The summed E-state index contributed by atoms with van der Waals surface area (Å²) < 4.78 is 14.2. The third kappa shape index (κ3) is 3.28. The highest BCUT2D eigenvalue weighted by Crippen LogP contribution is 2.42. The predicted molar refractivity (Wildman–Crippen MR) is 83.2 cm³/mol. The first-order valence-corrected chi connectivity index (χ1v) is 7.53. The second-order valence-corrected chi connectivity index (χ2v) is 6.02. The number of nitrogens with zero attached hydrogens (tertiary/aromatic N) is 1. The molecule has 3 rings (SSSR count). The summed E-state index contributed by atoms with van der Waals surface area (Å²) in [6, 6.07) is 5.37. The van der Waals surface area contributed by atoms with Crippen molar-refractivity contribution in [3.05, 3.63) is 34.6 Å². The molecule has 2 nitrogen and oxygen atoms in total. The molecule has 2 fully saturated rings. The number of rotatable bonds is 3. The van der Waals surface area contributed by atoms with E-state index < -0.39 is 0 Å². The molecule has 0 spiro atoms. The van der Waals surface area contributed by atoms with Gasteiger partial charge in [0.15, 0.2) is 0 Å². The summed E-state index contributed by atoms with van der Waals surface area (Å²) in [7, 11) is 0. The van der Waals surface area contributed by atoms with E-state index in [1.165, 1.54) is 25.3 Å². The Morgan fingerprint density at radius 1 is 1.25 bits per heavy atom. The third-order valence-electron chi connectivity index (χ3n) is 4.42. The van der Waals surface area contributed by atoms with Crippen LogP contribution in [0.25, 0.3) is 0 Å². The molecule has 20 heavy (non-hydrogen) atoms. The largest absolute Gasteiger partial charge is 0.314 e. The highest BCUT2D eigenvalue weighted by atomic mass is 35.5. The quantitative estimate of drug-likeness (QED) is 0.915. The van der Waals surface area contributed by atoms with E-state index in [4.69, 9.17) is 11.6 Å². The van der Waals surface area contributed by atoms with Gasteiger partial charge in [-0.2, -0.15) is 0 Å². The Hall–Kier alpha value is -0.350. The standard InChI is InChI=1S/C15H20ClFN2.ClH/c16-12-4-5-13(14(17)10-12)15(11-2-1-3-11)19-8-6-18-7-9-19;/h4-5,10-11,15,18H,1-3,6-9H2;1H/t15-;/m0./s1. The topological polar surface area (TPSA) is 15.3 Å². The van der Waals surface area contributed by atoms with Crippen molar-refractivity contribution in [2.45, 2.75) is 25.3 Å². The van der Waals surface area contributed by atoms with E-state index in [2.05, 4.69) is 10.2 Å². The fourth-order valence-corrected chi connectivity index (χ4v) is 3.36. The van der Waals surface area contributed by atoms with Crippen LogP contribution < -0.4 is 5.32 Å². The van der Waals surface area contributed by atoms with Crippen LogP contribution in [0.2, 0.25) is 5.02 Å². The minimum atomic E-state index is -0.150. The fourth-order valence-electron chi connectivity index (χ4n) is 3.21. The fraction of sp³-hybridized carbons (Fsp3) is 0.600. The molecule has 0 amide bonds. The van der Waals surface area contributed by atoms with Gasteiger partial charge in [-0.1, -0.05) is 24.1 Å². The summed E-state index contributed by atoms with van der Waals surface area (Å²) in [5.74, 6) is 0.455. The molecule has 0 aromatic heterocycles. The van der Waals surface area contributed by atoms with Gasteiger partial charge in [-0.05, 0) is 30.9 Å². The van der Waals surface area contributed by atoms with Gasteiger partial charge < -0.3 is 5.32 Å². The molecule has 0 unspecified atom stereocenters. The molecule has 0 bridgehead atoms. The van der Waals surface area contributed by atoms with Crippen molar-refractivity contribution in [3.8, 4) is 0 Å². The molecule has 1 saturated heterocycles. The Kier molecular flexibility index (Phi) is 5.67. The van der Waals surface area contributed by atoms with Crippen molar-refractivity contribution in [2.24, 2.45) is 5.92 Å². The molecule has 2 aliphatic rings. The van der Waals surface area contributed by atoms with Crippen LogP contribution in [-0.4, -0.2) is 31.1 Å². The van der Waals surface area contributed by atoms with Gasteiger partial charge in [-0.3, -0.25) is 4.90 Å². The van der Waals surface area contributed by atoms with Crippen LogP contribution in [0.15, 0.2) is 18.2 Å². The third-order valence-corrected chi connectivity index (χ3v) is 4.66. The molecule has 1 aromatic carbocycles. The normalized spacial score (nSPS) is 21.9. The number of hydrogen-bond acceptors (Lipinski definition) is 2. The molecule has 0 radical (unpaired) electrons. The van der Waals surface area contributed by atoms with Crippen LogP contribution >= 0.6 is 24.0 Å². The minimum absolute atomic E-state index is 0. The van der Waals surface area contributed by atoms with Gasteiger partial charge >= 0.3 is 0 Å². The lowest BCUT2D eigenvalue weighted by molar-refractivity contribution is 0.0812. The maximum Gasteiger partial charge on any atom is 0.129 e. The number of hydrogen-bond donors (Lipinski definition) is 1. The first kappa shape index (κ1) is 16.0. The SMILES string of the molecule is Cl.Fc1cc(Cl)ccc1[C@H](C1CCC1)N1CCNCC1. The molecule has 5 heteroatoms. The lowest BCUT2D eigenvalue weighted by atomic mass is 9.76. The Morgan fingerprint density at radius 2 is 1.95 bits per heavy atom. The van der Waals surface area contributed by atoms with E-state index >= 15 is 0 Å². The van der Waals surface area contributed by atoms with Gasteiger partial charge in [0.25, 0.3) is 0 Å². The molecule has 1 heterocycles. The first-order chi connectivity index (χ1) is 9.25. The van der Waals surface area contributed by atoms with E-state index in [0.29, 0.717) is 10.9 Å². The lowest BCUT2D eigenvalue weighted by Crippen LogP contribution is -2.48. The molecule has 1 aliphatic carbocycles. The lowest BCUT2D eigenvalue weighted by Gasteiger charge is -2.43. The Labute approximate surface area is 131 Å². The Bertz CT molecular complexity index is 445. The van der Waals surface area contributed by atoms with Crippen LogP contribution in [0.1, 0.15) is 30.9 Å². The first-order valence-electron chi connectivity index (χ1n) is 7.15. The van der Waals surface area contributed by atoms with Crippen LogP contribution in [0.5, 0.6) is 0 Å². The smallest absolute Gasteiger partial charge is 0.129 e. The summed E-state index contributed by atoms with van der Waals surface area (Å²) in [6.07, 6.45) is 3.72. The van der Waals surface area contributed by atoms with E-state index in [1.807, 2.05) is 12.1 Å². The maximum absolute atomic E-state index is 14.2. The molecule has 1 aliphatic heterocycles. The zero-order valence-electron chi connectivity index (χ0n) is 11.4. The highest BCUT2D eigenvalue weighted by Gasteiger charge is 2.34. The minimum Gasteiger partial charge on any atom is -0.314 e. The van der Waals surface area contributed by atoms with Crippen molar-refractivity contribution < 1.29 is 4.39 Å². The number of piperazine rings is 1. The molecule has 1 saturated carbocycles. The van der Waals surface area contributed by atoms with Gasteiger partial charge in [0.1, 0.15) is 5.82 Å². The second kappa shape index (κ2) is 7.08. The molecular formula is C15H21Cl2FN2. The van der Waals surface area contributed by atoms with Crippen molar-refractivity contribution >= 4 is 24.0 Å². The van der Waals surface area contributed by atoms with Gasteiger partial charge in [0.2, 0.25) is 0 Å². The van der Waals surface area contributed by atoms with Gasteiger partial charge in [-0.25, -0.2) is 4.39 Å². The molecule has 112 valence electrons. The molecule has 1 N–H and O–H groups in total. The summed E-state index contributed by atoms with van der Waals surface area (Å²) in [4.78, 5) is 2.44. The summed E-state index contributed by atoms with van der Waals surface area (Å²) in [6.45, 7) is 4.00. The van der Waals surface area contributed by atoms with Crippen LogP contribution in [0.3, 0.4) is 0 Å². The number of benzene rings is 1. The Balaban J connectivity index is 0.00000147. The average molecular weight is 319 g/mol. The Morgan fingerprint density at radius 3 is 2.50 bits per heavy atom. The molecule has 1 aromatic rings.